The Bertz CT molecular complexity index is 3230. The molecule has 0 fully saturated rings. The third kappa shape index (κ3) is 6.24. The van der Waals surface area contributed by atoms with Crippen LogP contribution in [0.25, 0.3) is 111 Å². The zero-order valence-corrected chi connectivity index (χ0v) is 32.0. The molecule has 0 aliphatic heterocycles. The number of hydrogen-bond donors (Lipinski definition) is 0. The van der Waals surface area contributed by atoms with E-state index >= 15 is 0 Å². The van der Waals surface area contributed by atoms with E-state index in [0.29, 0.717) is 17.5 Å². The lowest BCUT2D eigenvalue weighted by Crippen LogP contribution is -2.02. The van der Waals surface area contributed by atoms with E-state index in [9.17, 15) is 0 Å². The standard InChI is InChI=1S/C55H35N3O/c1-3-17-36(18-4-1)43-24-9-11-26-47(43)54-56-53(57-55(58-54)48-27-12-10-25-44(48)37-19-5-2-6-20-37)41-34-39(45-29-15-22-38-21-7-8-23-42(38)45)33-40(35-41)46-30-16-32-51-52(46)49-28-13-14-31-50(49)59-51/h1-35H. The highest BCUT2D eigenvalue weighted by Crippen LogP contribution is 2.42. The first kappa shape index (κ1) is 34.3. The molecule has 2 aromatic heterocycles. The maximum atomic E-state index is 6.39. The number of para-hydroxylation sites is 1. The van der Waals surface area contributed by atoms with Crippen molar-refractivity contribution in [2.24, 2.45) is 0 Å². The molecule has 59 heavy (non-hydrogen) atoms. The van der Waals surface area contributed by atoms with Gasteiger partial charge < -0.3 is 4.42 Å². The maximum absolute atomic E-state index is 6.39. The maximum Gasteiger partial charge on any atom is 0.164 e. The van der Waals surface area contributed by atoms with Crippen molar-refractivity contribution >= 4 is 32.7 Å². The van der Waals surface area contributed by atoms with E-state index in [2.05, 4.69) is 182 Å². The van der Waals surface area contributed by atoms with Crippen molar-refractivity contribution in [2.75, 3.05) is 0 Å². The van der Waals surface area contributed by atoms with Crippen LogP contribution in [0.3, 0.4) is 0 Å². The Morgan fingerprint density at radius 3 is 1.39 bits per heavy atom. The van der Waals surface area contributed by atoms with E-state index in [1.165, 1.54) is 10.8 Å². The van der Waals surface area contributed by atoms with Crippen LogP contribution in [-0.4, -0.2) is 15.0 Å². The van der Waals surface area contributed by atoms with Gasteiger partial charge in [-0.3, -0.25) is 0 Å². The average molecular weight is 754 g/mol. The first-order chi connectivity index (χ1) is 29.2. The molecule has 4 heteroatoms. The molecular weight excluding hydrogens is 719 g/mol. The number of fused-ring (bicyclic) bond motifs is 4. The highest BCUT2D eigenvalue weighted by atomic mass is 16.3. The lowest BCUT2D eigenvalue weighted by atomic mass is 9.91. The van der Waals surface area contributed by atoms with Gasteiger partial charge in [0.2, 0.25) is 0 Å². The molecule has 0 N–H and O–H groups in total. The minimum Gasteiger partial charge on any atom is -0.456 e. The first-order valence-corrected chi connectivity index (χ1v) is 19.9. The van der Waals surface area contributed by atoms with Gasteiger partial charge >= 0.3 is 0 Å². The summed E-state index contributed by atoms with van der Waals surface area (Å²) in [5.74, 6) is 1.79. The Morgan fingerprint density at radius 2 is 0.712 bits per heavy atom. The Balaban J connectivity index is 1.21. The largest absolute Gasteiger partial charge is 0.456 e. The number of furan rings is 1. The molecule has 0 saturated carbocycles. The Kier molecular flexibility index (Phi) is 8.45. The van der Waals surface area contributed by atoms with Crippen LogP contribution in [-0.2, 0) is 0 Å². The molecule has 2 heterocycles. The molecule has 0 atom stereocenters. The molecule has 276 valence electrons. The fourth-order valence-corrected chi connectivity index (χ4v) is 8.40. The fourth-order valence-electron chi connectivity index (χ4n) is 8.40. The molecular formula is C55H35N3O. The molecule has 0 bridgehead atoms. The number of benzene rings is 9. The van der Waals surface area contributed by atoms with Crippen LogP contribution in [0.2, 0.25) is 0 Å². The molecule has 11 aromatic rings. The molecule has 0 aliphatic carbocycles. The molecule has 0 unspecified atom stereocenters. The van der Waals surface area contributed by atoms with Crippen LogP contribution in [0.4, 0.5) is 0 Å². The summed E-state index contributed by atoms with van der Waals surface area (Å²) < 4.78 is 6.39. The number of nitrogens with zero attached hydrogens (tertiary/aromatic N) is 3. The third-order valence-electron chi connectivity index (χ3n) is 11.1. The molecule has 0 aliphatic rings. The van der Waals surface area contributed by atoms with Crippen LogP contribution in [0.5, 0.6) is 0 Å². The monoisotopic (exact) mass is 753 g/mol. The minimum absolute atomic E-state index is 0.586. The summed E-state index contributed by atoms with van der Waals surface area (Å²) in [6.07, 6.45) is 0. The number of aromatic nitrogens is 3. The number of rotatable bonds is 7. The van der Waals surface area contributed by atoms with Gasteiger partial charge in [0, 0.05) is 27.5 Å². The van der Waals surface area contributed by atoms with Crippen LogP contribution in [0.15, 0.2) is 217 Å². The second-order valence-corrected chi connectivity index (χ2v) is 14.7. The molecule has 0 radical (unpaired) electrons. The van der Waals surface area contributed by atoms with Gasteiger partial charge in [-0.1, -0.05) is 182 Å². The minimum atomic E-state index is 0.586. The van der Waals surface area contributed by atoms with Crippen molar-refractivity contribution < 1.29 is 4.42 Å². The summed E-state index contributed by atoms with van der Waals surface area (Å²) >= 11 is 0. The molecule has 11 rings (SSSR count). The quantitative estimate of drug-likeness (QED) is 0.163. The second-order valence-electron chi connectivity index (χ2n) is 14.7. The smallest absolute Gasteiger partial charge is 0.164 e. The van der Waals surface area contributed by atoms with E-state index < -0.39 is 0 Å². The lowest BCUT2D eigenvalue weighted by Gasteiger charge is -2.16. The molecule has 0 amide bonds. The Labute approximate surface area is 341 Å². The first-order valence-electron chi connectivity index (χ1n) is 19.9. The highest BCUT2D eigenvalue weighted by molar-refractivity contribution is 6.13. The summed E-state index contributed by atoms with van der Waals surface area (Å²) in [5.41, 5.74) is 13.1. The predicted octanol–water partition coefficient (Wildman–Crippen LogP) is 14.6. The molecule has 9 aromatic carbocycles. The summed E-state index contributed by atoms with van der Waals surface area (Å²) in [5, 5.41) is 4.51. The van der Waals surface area contributed by atoms with Crippen LogP contribution in [0, 0.1) is 0 Å². The lowest BCUT2D eigenvalue weighted by molar-refractivity contribution is 0.669. The van der Waals surface area contributed by atoms with Crippen molar-refractivity contribution in [1.82, 2.24) is 15.0 Å². The topological polar surface area (TPSA) is 51.8 Å². The predicted molar refractivity (Wildman–Crippen MR) is 243 cm³/mol. The van der Waals surface area contributed by atoms with Crippen molar-refractivity contribution in [3.8, 4) is 78.7 Å². The van der Waals surface area contributed by atoms with Gasteiger partial charge in [-0.05, 0) is 85.6 Å². The Hall–Kier alpha value is -7.95. The number of hydrogen-bond acceptors (Lipinski definition) is 4. The summed E-state index contributed by atoms with van der Waals surface area (Å²) in [6, 6.07) is 74.0. The average Bonchev–Trinajstić information content (AvgIpc) is 3.71. The van der Waals surface area contributed by atoms with Gasteiger partial charge in [0.25, 0.3) is 0 Å². The summed E-state index contributed by atoms with van der Waals surface area (Å²) in [7, 11) is 0. The second kappa shape index (κ2) is 14.5. The molecule has 4 nitrogen and oxygen atoms in total. The van der Waals surface area contributed by atoms with Gasteiger partial charge in [0.05, 0.1) is 0 Å². The van der Waals surface area contributed by atoms with E-state index in [4.69, 9.17) is 19.4 Å². The zero-order valence-electron chi connectivity index (χ0n) is 32.0. The van der Waals surface area contributed by atoms with Gasteiger partial charge in [-0.15, -0.1) is 0 Å². The van der Waals surface area contributed by atoms with Crippen molar-refractivity contribution in [3.63, 3.8) is 0 Å². The van der Waals surface area contributed by atoms with Crippen molar-refractivity contribution in [3.05, 3.63) is 212 Å². The van der Waals surface area contributed by atoms with Gasteiger partial charge in [-0.25, -0.2) is 15.0 Å². The van der Waals surface area contributed by atoms with Crippen LogP contribution >= 0.6 is 0 Å². The van der Waals surface area contributed by atoms with E-state index in [0.717, 1.165) is 83.1 Å². The zero-order chi connectivity index (χ0) is 39.1. The van der Waals surface area contributed by atoms with E-state index in [-0.39, 0.29) is 0 Å². The van der Waals surface area contributed by atoms with Crippen LogP contribution in [0.1, 0.15) is 0 Å². The van der Waals surface area contributed by atoms with Gasteiger partial charge in [0.1, 0.15) is 11.2 Å². The van der Waals surface area contributed by atoms with E-state index in [1.807, 2.05) is 30.3 Å². The molecule has 0 saturated heterocycles. The van der Waals surface area contributed by atoms with Crippen molar-refractivity contribution in [1.29, 1.82) is 0 Å². The normalized spacial score (nSPS) is 11.4. The SMILES string of the molecule is c1ccc(-c2ccccc2-c2nc(-c3cc(-c4cccc5ccccc45)cc(-c4cccc5oc6ccccc6c45)c3)nc(-c3ccccc3-c3ccccc3)n2)cc1. The van der Waals surface area contributed by atoms with Crippen LogP contribution < -0.4 is 0 Å². The molecule has 0 spiro atoms. The third-order valence-corrected chi connectivity index (χ3v) is 11.1. The Morgan fingerprint density at radius 1 is 0.271 bits per heavy atom. The summed E-state index contributed by atoms with van der Waals surface area (Å²) in [4.78, 5) is 16.1. The summed E-state index contributed by atoms with van der Waals surface area (Å²) in [6.45, 7) is 0. The van der Waals surface area contributed by atoms with Gasteiger partial charge in [-0.2, -0.15) is 0 Å². The highest BCUT2D eigenvalue weighted by Gasteiger charge is 2.20. The van der Waals surface area contributed by atoms with Gasteiger partial charge in [0.15, 0.2) is 17.5 Å². The van der Waals surface area contributed by atoms with Crippen molar-refractivity contribution in [2.45, 2.75) is 0 Å². The fraction of sp³-hybridized carbons (Fsp3) is 0. The van der Waals surface area contributed by atoms with E-state index in [1.54, 1.807) is 0 Å².